The summed E-state index contributed by atoms with van der Waals surface area (Å²) < 4.78 is 12.7. The van der Waals surface area contributed by atoms with E-state index in [1.165, 1.54) is 12.1 Å². The van der Waals surface area contributed by atoms with Crippen molar-refractivity contribution in [2.75, 3.05) is 32.8 Å². The van der Waals surface area contributed by atoms with Gasteiger partial charge in [0.2, 0.25) is 5.91 Å². The van der Waals surface area contributed by atoms with Crippen molar-refractivity contribution < 1.29 is 14.3 Å². The highest BCUT2D eigenvalue weighted by Crippen LogP contribution is 2.14. The van der Waals surface area contributed by atoms with E-state index in [1.54, 1.807) is 12.1 Å². The van der Waals surface area contributed by atoms with Crippen LogP contribution in [-0.4, -0.2) is 48.7 Å². The second kappa shape index (κ2) is 7.36. The second-order valence-corrected chi connectivity index (χ2v) is 5.30. The van der Waals surface area contributed by atoms with E-state index in [4.69, 9.17) is 5.11 Å². The van der Waals surface area contributed by atoms with Crippen molar-refractivity contribution in [3.05, 3.63) is 35.6 Å². The maximum absolute atomic E-state index is 12.7. The third kappa shape index (κ3) is 4.58. The first kappa shape index (κ1) is 14.9. The standard InChI is InChI=1S/C15H21FN2O2/c16-14-3-1-12(2-4-14)5-7-17-15(20)10-18-8-6-13(9-18)11-19/h1-4,13,19H,5-11H2,(H,17,20). The summed E-state index contributed by atoms with van der Waals surface area (Å²) in [6.07, 6.45) is 1.66. The van der Waals surface area contributed by atoms with Gasteiger partial charge in [0.05, 0.1) is 6.54 Å². The third-order valence-electron chi connectivity index (χ3n) is 3.64. The van der Waals surface area contributed by atoms with Crippen LogP contribution >= 0.6 is 0 Å². The van der Waals surface area contributed by atoms with E-state index in [0.29, 0.717) is 25.4 Å². The fourth-order valence-electron chi connectivity index (χ4n) is 2.46. The van der Waals surface area contributed by atoms with Crippen LogP contribution in [-0.2, 0) is 11.2 Å². The Morgan fingerprint density at radius 3 is 2.80 bits per heavy atom. The van der Waals surface area contributed by atoms with Crippen LogP contribution in [0, 0.1) is 11.7 Å². The summed E-state index contributed by atoms with van der Waals surface area (Å²) in [6, 6.07) is 6.31. The van der Waals surface area contributed by atoms with Crippen LogP contribution < -0.4 is 5.32 Å². The molecule has 2 N–H and O–H groups in total. The first-order chi connectivity index (χ1) is 9.67. The molecule has 2 rings (SSSR count). The van der Waals surface area contributed by atoms with Crippen molar-refractivity contribution in [3.63, 3.8) is 0 Å². The minimum Gasteiger partial charge on any atom is -0.396 e. The van der Waals surface area contributed by atoms with Gasteiger partial charge >= 0.3 is 0 Å². The first-order valence-electron chi connectivity index (χ1n) is 7.01. The Bertz CT molecular complexity index is 436. The van der Waals surface area contributed by atoms with Crippen LogP contribution in [0.1, 0.15) is 12.0 Å². The van der Waals surface area contributed by atoms with E-state index in [9.17, 15) is 9.18 Å². The Balaban J connectivity index is 1.64. The molecule has 1 unspecified atom stereocenters. The number of halogens is 1. The number of likely N-dealkylation sites (tertiary alicyclic amines) is 1. The molecule has 1 amide bonds. The van der Waals surface area contributed by atoms with Gasteiger partial charge in [0.1, 0.15) is 5.82 Å². The van der Waals surface area contributed by atoms with Crippen molar-refractivity contribution in [1.82, 2.24) is 10.2 Å². The van der Waals surface area contributed by atoms with E-state index in [-0.39, 0.29) is 18.3 Å². The van der Waals surface area contributed by atoms with Crippen LogP contribution in [0.5, 0.6) is 0 Å². The van der Waals surface area contributed by atoms with Gasteiger partial charge in [0.25, 0.3) is 0 Å². The summed E-state index contributed by atoms with van der Waals surface area (Å²) in [5.74, 6) is 0.0676. The van der Waals surface area contributed by atoms with Crippen LogP contribution in [0.25, 0.3) is 0 Å². The fraction of sp³-hybridized carbons (Fsp3) is 0.533. The molecule has 1 aromatic rings. The molecule has 1 saturated heterocycles. The topological polar surface area (TPSA) is 52.6 Å². The molecule has 0 spiro atoms. The minimum absolute atomic E-state index is 0.00528. The zero-order valence-electron chi connectivity index (χ0n) is 11.5. The van der Waals surface area contributed by atoms with Crippen molar-refractivity contribution in [2.24, 2.45) is 5.92 Å². The smallest absolute Gasteiger partial charge is 0.234 e. The average molecular weight is 280 g/mol. The van der Waals surface area contributed by atoms with Crippen LogP contribution in [0.4, 0.5) is 4.39 Å². The van der Waals surface area contributed by atoms with Gasteiger partial charge in [-0.05, 0) is 43.0 Å². The molecule has 0 saturated carbocycles. The summed E-state index contributed by atoms with van der Waals surface area (Å²) in [5, 5.41) is 11.9. The molecule has 1 aliphatic rings. The van der Waals surface area contributed by atoms with Crippen LogP contribution in [0.2, 0.25) is 0 Å². The minimum atomic E-state index is -0.245. The highest BCUT2D eigenvalue weighted by Gasteiger charge is 2.22. The van der Waals surface area contributed by atoms with Gasteiger partial charge in [-0.25, -0.2) is 4.39 Å². The molecule has 1 atom stereocenters. The summed E-state index contributed by atoms with van der Waals surface area (Å²) in [5.41, 5.74) is 1.01. The number of aliphatic hydroxyl groups is 1. The number of nitrogens with one attached hydrogen (secondary N) is 1. The Labute approximate surface area is 118 Å². The number of carbonyl (C=O) groups excluding carboxylic acids is 1. The van der Waals surface area contributed by atoms with E-state index < -0.39 is 0 Å². The third-order valence-corrected chi connectivity index (χ3v) is 3.64. The Morgan fingerprint density at radius 2 is 2.15 bits per heavy atom. The predicted molar refractivity (Wildman–Crippen MR) is 74.7 cm³/mol. The zero-order valence-corrected chi connectivity index (χ0v) is 11.5. The number of amides is 1. The molecule has 4 nitrogen and oxygen atoms in total. The predicted octanol–water partition coefficient (Wildman–Crippen LogP) is 0.799. The SMILES string of the molecule is O=C(CN1CCC(CO)C1)NCCc1ccc(F)cc1. The molecule has 0 aliphatic carbocycles. The van der Waals surface area contributed by atoms with Crippen molar-refractivity contribution in [1.29, 1.82) is 0 Å². The van der Waals surface area contributed by atoms with Crippen molar-refractivity contribution in [2.45, 2.75) is 12.8 Å². The average Bonchev–Trinajstić information content (AvgIpc) is 2.88. The highest BCUT2D eigenvalue weighted by molar-refractivity contribution is 5.78. The number of hydrogen-bond acceptors (Lipinski definition) is 3. The number of nitrogens with zero attached hydrogens (tertiary/aromatic N) is 1. The number of rotatable bonds is 6. The van der Waals surface area contributed by atoms with E-state index in [0.717, 1.165) is 25.1 Å². The van der Waals surface area contributed by atoms with Gasteiger partial charge in [0, 0.05) is 19.7 Å². The Hall–Kier alpha value is -1.46. The molecular formula is C15H21FN2O2. The molecule has 1 aromatic carbocycles. The lowest BCUT2D eigenvalue weighted by atomic mass is 10.1. The molecule has 1 fully saturated rings. The number of hydrogen-bond donors (Lipinski definition) is 2. The van der Waals surface area contributed by atoms with Crippen LogP contribution in [0.3, 0.4) is 0 Å². The van der Waals surface area contributed by atoms with Gasteiger partial charge in [-0.15, -0.1) is 0 Å². The number of benzene rings is 1. The maximum atomic E-state index is 12.7. The quantitative estimate of drug-likeness (QED) is 0.810. The van der Waals surface area contributed by atoms with Gasteiger partial charge in [-0.3, -0.25) is 9.69 Å². The van der Waals surface area contributed by atoms with E-state index in [1.807, 2.05) is 0 Å². The van der Waals surface area contributed by atoms with Gasteiger partial charge in [-0.1, -0.05) is 12.1 Å². The summed E-state index contributed by atoms with van der Waals surface area (Å²) in [6.45, 7) is 2.81. The van der Waals surface area contributed by atoms with Gasteiger partial charge in [0.15, 0.2) is 0 Å². The molecule has 0 bridgehead atoms. The molecule has 1 heterocycles. The zero-order chi connectivity index (χ0) is 14.4. The summed E-state index contributed by atoms with van der Waals surface area (Å²) in [7, 11) is 0. The molecule has 1 aliphatic heterocycles. The van der Waals surface area contributed by atoms with Gasteiger partial charge < -0.3 is 10.4 Å². The molecule has 0 radical (unpaired) electrons. The van der Waals surface area contributed by atoms with Crippen molar-refractivity contribution in [3.8, 4) is 0 Å². The molecule has 0 aromatic heterocycles. The number of carbonyl (C=O) groups is 1. The monoisotopic (exact) mass is 280 g/mol. The van der Waals surface area contributed by atoms with Crippen molar-refractivity contribution >= 4 is 5.91 Å². The van der Waals surface area contributed by atoms with E-state index in [2.05, 4.69) is 10.2 Å². The largest absolute Gasteiger partial charge is 0.396 e. The Kier molecular flexibility index (Phi) is 5.49. The fourth-order valence-corrected chi connectivity index (χ4v) is 2.46. The molecule has 110 valence electrons. The lowest BCUT2D eigenvalue weighted by Gasteiger charge is -2.15. The summed E-state index contributed by atoms with van der Waals surface area (Å²) in [4.78, 5) is 13.8. The molecule has 5 heteroatoms. The Morgan fingerprint density at radius 1 is 1.40 bits per heavy atom. The first-order valence-corrected chi connectivity index (χ1v) is 7.01. The highest BCUT2D eigenvalue weighted by atomic mass is 19.1. The molecular weight excluding hydrogens is 259 g/mol. The van der Waals surface area contributed by atoms with Gasteiger partial charge in [-0.2, -0.15) is 0 Å². The molecule has 20 heavy (non-hydrogen) atoms. The summed E-state index contributed by atoms with van der Waals surface area (Å²) >= 11 is 0. The second-order valence-electron chi connectivity index (χ2n) is 5.30. The number of aliphatic hydroxyl groups excluding tert-OH is 1. The maximum Gasteiger partial charge on any atom is 0.234 e. The lowest BCUT2D eigenvalue weighted by Crippen LogP contribution is -2.37. The lowest BCUT2D eigenvalue weighted by molar-refractivity contribution is -0.122. The van der Waals surface area contributed by atoms with E-state index >= 15 is 0 Å². The normalized spacial score (nSPS) is 19.2. The van der Waals surface area contributed by atoms with Crippen LogP contribution in [0.15, 0.2) is 24.3 Å².